The Bertz CT molecular complexity index is 122. The van der Waals surface area contributed by atoms with Gasteiger partial charge in [0.15, 0.2) is 0 Å². The summed E-state index contributed by atoms with van der Waals surface area (Å²) in [6.07, 6.45) is 1.30. The maximum atomic E-state index is 5.67. The van der Waals surface area contributed by atoms with Gasteiger partial charge < -0.3 is 10.5 Å². The highest BCUT2D eigenvalue weighted by Crippen LogP contribution is 2.17. The number of nitrogens with one attached hydrogen (secondary N) is 1. The molecule has 1 unspecified atom stereocenters. The van der Waals surface area contributed by atoms with E-state index in [2.05, 4.69) is 19.2 Å². The van der Waals surface area contributed by atoms with Crippen molar-refractivity contribution in [2.45, 2.75) is 26.5 Å². The van der Waals surface area contributed by atoms with Gasteiger partial charge in [0.25, 0.3) is 0 Å². The van der Waals surface area contributed by atoms with Gasteiger partial charge in [-0.25, -0.2) is 0 Å². The first-order chi connectivity index (χ1) is 5.74. The lowest BCUT2D eigenvalue weighted by molar-refractivity contribution is 0.0735. The molecule has 3 heteroatoms. The summed E-state index contributed by atoms with van der Waals surface area (Å²) < 4.78 is 5.47. The van der Waals surface area contributed by atoms with Crippen molar-refractivity contribution in [2.24, 2.45) is 17.6 Å². The molecule has 3 nitrogen and oxygen atoms in total. The molecule has 0 spiro atoms. The zero-order chi connectivity index (χ0) is 8.97. The highest BCUT2D eigenvalue weighted by Gasteiger charge is 2.20. The zero-order valence-electron chi connectivity index (χ0n) is 8.05. The molecule has 0 amide bonds. The Morgan fingerprint density at radius 3 is 2.75 bits per heavy atom. The summed E-state index contributed by atoms with van der Waals surface area (Å²) in [6, 6.07) is 0. The second-order valence-corrected chi connectivity index (χ2v) is 3.79. The number of nitrogens with two attached hydrogens (primary N) is 1. The maximum absolute atomic E-state index is 5.67. The van der Waals surface area contributed by atoms with Gasteiger partial charge in [0.2, 0.25) is 0 Å². The summed E-state index contributed by atoms with van der Waals surface area (Å²) in [4.78, 5) is 0. The average molecular weight is 172 g/mol. The minimum Gasteiger partial charge on any atom is -0.362 e. The summed E-state index contributed by atoms with van der Waals surface area (Å²) in [6.45, 7) is 7.03. The first-order valence-electron chi connectivity index (χ1n) is 4.79. The molecule has 12 heavy (non-hydrogen) atoms. The van der Waals surface area contributed by atoms with E-state index in [1.54, 1.807) is 0 Å². The lowest BCUT2D eigenvalue weighted by Gasteiger charge is -2.21. The van der Waals surface area contributed by atoms with Crippen molar-refractivity contribution >= 4 is 0 Å². The Balaban J connectivity index is 2.26. The molecule has 0 bridgehead atoms. The van der Waals surface area contributed by atoms with Crippen molar-refractivity contribution in [3.05, 3.63) is 0 Å². The van der Waals surface area contributed by atoms with Gasteiger partial charge in [0.1, 0.15) is 6.23 Å². The van der Waals surface area contributed by atoms with Crippen LogP contribution in [0.3, 0.4) is 0 Å². The van der Waals surface area contributed by atoms with Crippen molar-refractivity contribution in [1.29, 1.82) is 0 Å². The Kier molecular flexibility index (Phi) is 3.98. The van der Waals surface area contributed by atoms with Gasteiger partial charge in [-0.3, -0.25) is 5.32 Å². The third-order valence-corrected chi connectivity index (χ3v) is 2.56. The number of hydrogen-bond acceptors (Lipinski definition) is 3. The van der Waals surface area contributed by atoms with Gasteiger partial charge in [-0.1, -0.05) is 13.8 Å². The molecule has 0 saturated carbocycles. The van der Waals surface area contributed by atoms with Crippen LogP contribution >= 0.6 is 0 Å². The van der Waals surface area contributed by atoms with Gasteiger partial charge in [-0.05, 0) is 24.8 Å². The van der Waals surface area contributed by atoms with Crippen LogP contribution in [0.1, 0.15) is 20.3 Å². The normalized spacial score (nSPS) is 26.5. The van der Waals surface area contributed by atoms with Crippen LogP contribution in [0, 0.1) is 11.8 Å². The molecule has 3 N–H and O–H groups in total. The van der Waals surface area contributed by atoms with Crippen molar-refractivity contribution in [1.82, 2.24) is 5.32 Å². The highest BCUT2D eigenvalue weighted by atomic mass is 16.5. The van der Waals surface area contributed by atoms with Crippen LogP contribution in [-0.4, -0.2) is 25.9 Å². The minimum atomic E-state index is 0.251. The second kappa shape index (κ2) is 4.80. The van der Waals surface area contributed by atoms with Crippen molar-refractivity contribution < 1.29 is 4.74 Å². The van der Waals surface area contributed by atoms with E-state index in [1.165, 1.54) is 0 Å². The lowest BCUT2D eigenvalue weighted by atomic mass is 9.92. The smallest absolute Gasteiger partial charge is 0.108 e. The fourth-order valence-electron chi connectivity index (χ4n) is 1.55. The van der Waals surface area contributed by atoms with Crippen LogP contribution in [0.2, 0.25) is 0 Å². The molecule has 2 atom stereocenters. The van der Waals surface area contributed by atoms with Crippen LogP contribution in [0.5, 0.6) is 0 Å². The van der Waals surface area contributed by atoms with Crippen LogP contribution in [0.4, 0.5) is 0 Å². The molecule has 72 valence electrons. The van der Waals surface area contributed by atoms with Crippen LogP contribution in [0.15, 0.2) is 0 Å². The largest absolute Gasteiger partial charge is 0.362 e. The first kappa shape index (κ1) is 9.96. The van der Waals surface area contributed by atoms with Gasteiger partial charge in [-0.15, -0.1) is 0 Å². The standard InChI is InChI=1S/C9H20N2O/c1-7(2)8(6-10)5-9-11-3-4-12-9/h7-9,11H,3-6,10H2,1-2H3/t8-,9?/m1/s1. The molecule has 1 saturated heterocycles. The topological polar surface area (TPSA) is 47.3 Å². The molecule has 0 aromatic heterocycles. The molecular weight excluding hydrogens is 152 g/mol. The van der Waals surface area contributed by atoms with Gasteiger partial charge >= 0.3 is 0 Å². The molecule has 0 aromatic rings. The van der Waals surface area contributed by atoms with E-state index in [9.17, 15) is 0 Å². The Labute approximate surface area is 74.7 Å². The summed E-state index contributed by atoms with van der Waals surface area (Å²) in [5.41, 5.74) is 5.67. The summed E-state index contributed by atoms with van der Waals surface area (Å²) in [7, 11) is 0. The molecule has 1 fully saturated rings. The fraction of sp³-hybridized carbons (Fsp3) is 1.00. The van der Waals surface area contributed by atoms with E-state index in [-0.39, 0.29) is 6.23 Å². The predicted octanol–water partition coefficient (Wildman–Crippen LogP) is 0.553. The van der Waals surface area contributed by atoms with Crippen molar-refractivity contribution in [2.75, 3.05) is 19.7 Å². The molecule has 0 aliphatic carbocycles. The summed E-state index contributed by atoms with van der Waals surface area (Å²) in [5, 5.41) is 3.30. The van der Waals surface area contributed by atoms with E-state index in [1.807, 2.05) is 0 Å². The molecule has 0 radical (unpaired) electrons. The first-order valence-corrected chi connectivity index (χ1v) is 4.79. The van der Waals surface area contributed by atoms with Crippen molar-refractivity contribution in [3.8, 4) is 0 Å². The SMILES string of the molecule is CC(C)[C@@H](CN)CC1NCCO1. The highest BCUT2D eigenvalue weighted by molar-refractivity contribution is 4.71. The van der Waals surface area contributed by atoms with Gasteiger partial charge in [0, 0.05) is 6.54 Å². The number of hydrogen-bond donors (Lipinski definition) is 2. The lowest BCUT2D eigenvalue weighted by Crippen LogP contribution is -2.30. The molecule has 1 aliphatic heterocycles. The van der Waals surface area contributed by atoms with Crippen LogP contribution in [0.25, 0.3) is 0 Å². The zero-order valence-corrected chi connectivity index (χ0v) is 8.05. The Morgan fingerprint density at radius 2 is 2.33 bits per heavy atom. The predicted molar refractivity (Wildman–Crippen MR) is 49.7 cm³/mol. The summed E-state index contributed by atoms with van der Waals surface area (Å²) in [5.74, 6) is 1.24. The van der Waals surface area contributed by atoms with E-state index < -0.39 is 0 Å². The van der Waals surface area contributed by atoms with Gasteiger partial charge in [0.05, 0.1) is 6.61 Å². The van der Waals surface area contributed by atoms with E-state index in [4.69, 9.17) is 10.5 Å². The van der Waals surface area contributed by atoms with E-state index in [0.717, 1.165) is 26.1 Å². The molecule has 1 aliphatic rings. The van der Waals surface area contributed by atoms with Crippen molar-refractivity contribution in [3.63, 3.8) is 0 Å². The van der Waals surface area contributed by atoms with Gasteiger partial charge in [-0.2, -0.15) is 0 Å². The average Bonchev–Trinajstić information content (AvgIpc) is 2.51. The monoisotopic (exact) mass is 172 g/mol. The minimum absolute atomic E-state index is 0.251. The van der Waals surface area contributed by atoms with E-state index >= 15 is 0 Å². The van der Waals surface area contributed by atoms with Crippen LogP contribution < -0.4 is 11.1 Å². The second-order valence-electron chi connectivity index (χ2n) is 3.79. The molecular formula is C9H20N2O. The maximum Gasteiger partial charge on any atom is 0.108 e. The fourth-order valence-corrected chi connectivity index (χ4v) is 1.55. The quantitative estimate of drug-likeness (QED) is 0.651. The molecule has 1 rings (SSSR count). The third-order valence-electron chi connectivity index (χ3n) is 2.56. The van der Waals surface area contributed by atoms with E-state index in [0.29, 0.717) is 11.8 Å². The van der Waals surface area contributed by atoms with Crippen LogP contribution in [-0.2, 0) is 4.74 Å². The third kappa shape index (κ3) is 2.73. The summed E-state index contributed by atoms with van der Waals surface area (Å²) >= 11 is 0. The molecule has 1 heterocycles. The number of rotatable bonds is 4. The molecule has 0 aromatic carbocycles. The number of ether oxygens (including phenoxy) is 1. The Morgan fingerprint density at radius 1 is 1.58 bits per heavy atom. The Hall–Kier alpha value is -0.120.